The quantitative estimate of drug-likeness (QED) is 0.748. The van der Waals surface area contributed by atoms with Crippen LogP contribution in [0.25, 0.3) is 11.0 Å². The lowest BCUT2D eigenvalue weighted by Crippen LogP contribution is -2.24. The molecule has 0 spiro atoms. The fourth-order valence-corrected chi connectivity index (χ4v) is 3.53. The summed E-state index contributed by atoms with van der Waals surface area (Å²) >= 11 is 0. The summed E-state index contributed by atoms with van der Waals surface area (Å²) in [7, 11) is 1.99. The van der Waals surface area contributed by atoms with E-state index in [1.54, 1.807) is 6.20 Å². The lowest BCUT2D eigenvalue weighted by Gasteiger charge is -2.27. The molecule has 7 nitrogen and oxygen atoms in total. The molecule has 134 valence electrons. The zero-order valence-corrected chi connectivity index (χ0v) is 15.1. The van der Waals surface area contributed by atoms with Crippen molar-refractivity contribution in [3.05, 3.63) is 41.1 Å². The number of hydrogen-bond donors (Lipinski definition) is 2. The molecule has 3 aromatic rings. The van der Waals surface area contributed by atoms with Gasteiger partial charge in [-0.3, -0.25) is 0 Å². The Bertz CT molecular complexity index is 970. The van der Waals surface area contributed by atoms with Crippen molar-refractivity contribution in [3.8, 4) is 0 Å². The standard InChI is InChI=1S/C19H23N7/c1-11(13-8-7-12-5-3-4-6-14(12)9-13)26(2)19-22-10-15-16(20)23-18(21)24-17(15)25-19/h7-11H,3-6H2,1-2H3,(H4,20,21,22,23,24,25). The van der Waals surface area contributed by atoms with Crippen LogP contribution in [0.5, 0.6) is 0 Å². The van der Waals surface area contributed by atoms with Gasteiger partial charge >= 0.3 is 0 Å². The fourth-order valence-electron chi connectivity index (χ4n) is 3.53. The lowest BCUT2D eigenvalue weighted by atomic mass is 9.89. The monoisotopic (exact) mass is 349 g/mol. The van der Waals surface area contributed by atoms with Gasteiger partial charge in [0.15, 0.2) is 5.65 Å². The molecule has 26 heavy (non-hydrogen) atoms. The number of nitrogens with two attached hydrogens (primary N) is 2. The highest BCUT2D eigenvalue weighted by atomic mass is 15.3. The predicted octanol–water partition coefficient (Wildman–Crippen LogP) is 2.66. The van der Waals surface area contributed by atoms with Crippen molar-refractivity contribution in [1.29, 1.82) is 0 Å². The number of benzene rings is 1. The Morgan fingerprint density at radius 1 is 1.04 bits per heavy atom. The minimum absolute atomic E-state index is 0.116. The first kappa shape index (κ1) is 16.5. The Hall–Kier alpha value is -2.96. The first-order valence-corrected chi connectivity index (χ1v) is 8.93. The van der Waals surface area contributed by atoms with Gasteiger partial charge in [-0.25, -0.2) is 4.98 Å². The Morgan fingerprint density at radius 3 is 2.62 bits per heavy atom. The average molecular weight is 349 g/mol. The van der Waals surface area contributed by atoms with Gasteiger partial charge in [0.25, 0.3) is 0 Å². The van der Waals surface area contributed by atoms with Crippen molar-refractivity contribution < 1.29 is 0 Å². The van der Waals surface area contributed by atoms with Crippen molar-refractivity contribution in [2.75, 3.05) is 23.4 Å². The molecule has 4 rings (SSSR count). The van der Waals surface area contributed by atoms with E-state index in [9.17, 15) is 0 Å². The van der Waals surface area contributed by atoms with Crippen LogP contribution in [0, 0.1) is 0 Å². The zero-order valence-electron chi connectivity index (χ0n) is 15.1. The second-order valence-electron chi connectivity index (χ2n) is 6.90. The maximum absolute atomic E-state index is 5.87. The molecule has 0 saturated carbocycles. The highest BCUT2D eigenvalue weighted by Gasteiger charge is 2.18. The minimum Gasteiger partial charge on any atom is -0.383 e. The van der Waals surface area contributed by atoms with Gasteiger partial charge < -0.3 is 16.4 Å². The van der Waals surface area contributed by atoms with Gasteiger partial charge in [-0.1, -0.05) is 18.2 Å². The summed E-state index contributed by atoms with van der Waals surface area (Å²) in [6.07, 6.45) is 6.58. The molecule has 1 aliphatic rings. The van der Waals surface area contributed by atoms with E-state index < -0.39 is 0 Å². The molecule has 7 heteroatoms. The number of aryl methyl sites for hydroxylation is 2. The third-order valence-electron chi connectivity index (χ3n) is 5.24. The van der Waals surface area contributed by atoms with Crippen molar-refractivity contribution in [1.82, 2.24) is 19.9 Å². The van der Waals surface area contributed by atoms with Gasteiger partial charge in [0.05, 0.1) is 11.4 Å². The Labute approximate surface area is 152 Å². The molecule has 2 aromatic heterocycles. The molecule has 0 fully saturated rings. The van der Waals surface area contributed by atoms with Crippen LogP contribution in [-0.2, 0) is 12.8 Å². The van der Waals surface area contributed by atoms with E-state index in [1.807, 2.05) is 11.9 Å². The van der Waals surface area contributed by atoms with E-state index in [0.717, 1.165) is 0 Å². The summed E-state index contributed by atoms with van der Waals surface area (Å²) in [5.41, 5.74) is 16.2. The molecule has 0 aliphatic heterocycles. The van der Waals surface area contributed by atoms with Crippen LogP contribution in [0.2, 0.25) is 0 Å². The molecule has 1 aliphatic carbocycles. The topological polar surface area (TPSA) is 107 Å². The number of rotatable bonds is 3. The van der Waals surface area contributed by atoms with E-state index >= 15 is 0 Å². The number of anilines is 3. The largest absolute Gasteiger partial charge is 0.383 e. The highest BCUT2D eigenvalue weighted by Crippen LogP contribution is 2.29. The van der Waals surface area contributed by atoms with E-state index in [-0.39, 0.29) is 12.0 Å². The predicted molar refractivity (Wildman–Crippen MR) is 104 cm³/mol. The number of nitrogens with zero attached hydrogens (tertiary/aromatic N) is 5. The third-order valence-corrected chi connectivity index (χ3v) is 5.24. The van der Waals surface area contributed by atoms with Gasteiger partial charge in [0.1, 0.15) is 5.82 Å². The maximum atomic E-state index is 5.87. The minimum atomic E-state index is 0.116. The number of fused-ring (bicyclic) bond motifs is 2. The Balaban J connectivity index is 1.66. The first-order valence-electron chi connectivity index (χ1n) is 8.93. The number of aromatic nitrogens is 4. The van der Waals surface area contributed by atoms with E-state index in [4.69, 9.17) is 11.5 Å². The van der Waals surface area contributed by atoms with Crippen LogP contribution in [0.3, 0.4) is 0 Å². The summed E-state index contributed by atoms with van der Waals surface area (Å²) in [5.74, 6) is 0.995. The lowest BCUT2D eigenvalue weighted by molar-refractivity contribution is 0.675. The van der Waals surface area contributed by atoms with Crippen LogP contribution in [0.15, 0.2) is 24.4 Å². The van der Waals surface area contributed by atoms with Crippen molar-refractivity contribution >= 4 is 28.7 Å². The van der Waals surface area contributed by atoms with E-state index in [1.165, 1.54) is 42.4 Å². The van der Waals surface area contributed by atoms with Crippen LogP contribution >= 0.6 is 0 Å². The number of hydrogen-bond acceptors (Lipinski definition) is 7. The Kier molecular flexibility index (Phi) is 4.06. The SMILES string of the molecule is CC(c1ccc2c(c1)CCCC2)N(C)c1ncc2c(N)nc(N)nc2n1. The normalized spacial score (nSPS) is 14.8. The maximum Gasteiger partial charge on any atom is 0.227 e. The van der Waals surface area contributed by atoms with Gasteiger partial charge in [0.2, 0.25) is 11.9 Å². The van der Waals surface area contributed by atoms with Gasteiger partial charge in [-0.2, -0.15) is 15.0 Å². The summed E-state index contributed by atoms with van der Waals surface area (Å²) in [4.78, 5) is 19.1. The highest BCUT2D eigenvalue weighted by molar-refractivity contribution is 5.85. The molecule has 1 unspecified atom stereocenters. The van der Waals surface area contributed by atoms with Crippen LogP contribution < -0.4 is 16.4 Å². The molecular weight excluding hydrogens is 326 g/mol. The smallest absolute Gasteiger partial charge is 0.227 e. The zero-order chi connectivity index (χ0) is 18.3. The third kappa shape index (κ3) is 2.89. The molecule has 1 atom stereocenters. The molecule has 0 bridgehead atoms. The van der Waals surface area contributed by atoms with E-state index in [0.29, 0.717) is 22.8 Å². The summed E-state index contributed by atoms with van der Waals surface area (Å²) in [6, 6.07) is 6.94. The van der Waals surface area contributed by atoms with Crippen LogP contribution in [0.1, 0.15) is 42.5 Å². The first-order chi connectivity index (χ1) is 12.5. The Morgan fingerprint density at radius 2 is 1.81 bits per heavy atom. The molecule has 1 aromatic carbocycles. The van der Waals surface area contributed by atoms with Gasteiger partial charge in [0, 0.05) is 13.2 Å². The van der Waals surface area contributed by atoms with Crippen LogP contribution in [-0.4, -0.2) is 27.0 Å². The summed E-state index contributed by atoms with van der Waals surface area (Å²) in [5, 5.41) is 0.609. The van der Waals surface area contributed by atoms with Crippen molar-refractivity contribution in [2.24, 2.45) is 0 Å². The van der Waals surface area contributed by atoms with Gasteiger partial charge in [-0.15, -0.1) is 0 Å². The average Bonchev–Trinajstić information content (AvgIpc) is 2.65. The van der Waals surface area contributed by atoms with Crippen LogP contribution in [0.4, 0.5) is 17.7 Å². The van der Waals surface area contributed by atoms with Crippen molar-refractivity contribution in [3.63, 3.8) is 0 Å². The molecule has 0 radical (unpaired) electrons. The second kappa shape index (κ2) is 6.40. The molecule has 4 N–H and O–H groups in total. The molecule has 0 saturated heterocycles. The summed E-state index contributed by atoms with van der Waals surface area (Å²) in [6.45, 7) is 2.15. The molecular formula is C19H23N7. The fraction of sp³-hybridized carbons (Fsp3) is 0.368. The summed E-state index contributed by atoms with van der Waals surface area (Å²) < 4.78 is 0. The molecule has 2 heterocycles. The van der Waals surface area contributed by atoms with Crippen molar-refractivity contribution in [2.45, 2.75) is 38.6 Å². The van der Waals surface area contributed by atoms with Gasteiger partial charge in [-0.05, 0) is 49.3 Å². The van der Waals surface area contributed by atoms with E-state index in [2.05, 4.69) is 45.1 Å². The number of nitrogen functional groups attached to an aromatic ring is 2. The second-order valence-corrected chi connectivity index (χ2v) is 6.90. The molecule has 0 amide bonds.